The average Bonchev–Trinajstić information content (AvgIpc) is 3.19. The average molecular weight is 396 g/mol. The summed E-state index contributed by atoms with van der Waals surface area (Å²) in [7, 11) is 0. The van der Waals surface area contributed by atoms with Gasteiger partial charge in [0.15, 0.2) is 24.6 Å². The van der Waals surface area contributed by atoms with Crippen LogP contribution in [0.25, 0.3) is 0 Å². The van der Waals surface area contributed by atoms with Crippen LogP contribution in [-0.4, -0.2) is 41.5 Å². The van der Waals surface area contributed by atoms with E-state index < -0.39 is 24.1 Å². The molecule has 29 heavy (non-hydrogen) atoms. The topological polar surface area (TPSA) is 115 Å². The summed E-state index contributed by atoms with van der Waals surface area (Å²) in [6.07, 6.45) is 0. The van der Waals surface area contributed by atoms with Gasteiger partial charge >= 0.3 is 5.97 Å². The number of Topliss-reactive ketones (excluding diaryl/α,β-unsaturated/α-hetero) is 3. The molecule has 0 saturated carbocycles. The number of carbonyl (C=O) groups is 4. The lowest BCUT2D eigenvalue weighted by Gasteiger charge is -2.08. The summed E-state index contributed by atoms with van der Waals surface area (Å²) in [5, 5.41) is 2.86. The lowest BCUT2D eigenvalue weighted by Crippen LogP contribution is -2.20. The van der Waals surface area contributed by atoms with Gasteiger partial charge in [0.1, 0.15) is 0 Å². The summed E-state index contributed by atoms with van der Waals surface area (Å²) in [6, 6.07) is 8.88. The molecule has 3 rings (SSSR count). The minimum atomic E-state index is -0.952. The van der Waals surface area contributed by atoms with Crippen molar-refractivity contribution in [3.05, 3.63) is 64.3 Å². The minimum Gasteiger partial charge on any atom is -0.470 e. The van der Waals surface area contributed by atoms with E-state index >= 15 is 0 Å². The van der Waals surface area contributed by atoms with Crippen LogP contribution < -0.4 is 5.32 Å². The number of anilines is 1. The second kappa shape index (κ2) is 8.14. The highest BCUT2D eigenvalue weighted by atomic mass is 16.5. The Balaban J connectivity index is 1.73. The molecule has 1 aliphatic rings. The maximum absolute atomic E-state index is 12.5. The molecule has 0 atom stereocenters. The highest BCUT2D eigenvalue weighted by Gasteiger charge is 2.33. The lowest BCUT2D eigenvalue weighted by atomic mass is 10.1. The van der Waals surface area contributed by atoms with Gasteiger partial charge in [-0.3, -0.25) is 14.4 Å². The van der Waals surface area contributed by atoms with Crippen molar-refractivity contribution in [1.29, 1.82) is 0 Å². The zero-order valence-electron chi connectivity index (χ0n) is 16.3. The minimum absolute atomic E-state index is 0.00980. The molecular formula is C21H20N2O6. The molecule has 2 aromatic rings. The van der Waals surface area contributed by atoms with E-state index in [-0.39, 0.29) is 29.5 Å². The first-order valence-corrected chi connectivity index (χ1v) is 8.92. The molecule has 0 unspecified atom stereocenters. The quantitative estimate of drug-likeness (QED) is 0.420. The summed E-state index contributed by atoms with van der Waals surface area (Å²) in [5.74, 6) is -2.16. The van der Waals surface area contributed by atoms with Crippen LogP contribution >= 0.6 is 0 Å². The predicted molar refractivity (Wildman–Crippen MR) is 104 cm³/mol. The van der Waals surface area contributed by atoms with E-state index in [1.165, 1.54) is 6.92 Å². The highest BCUT2D eigenvalue weighted by molar-refractivity contribution is 6.20. The summed E-state index contributed by atoms with van der Waals surface area (Å²) in [4.78, 5) is 51.5. The normalized spacial score (nSPS) is 13.3. The van der Waals surface area contributed by atoms with Gasteiger partial charge in [-0.2, -0.15) is 0 Å². The molecule has 0 bridgehead atoms. The zero-order chi connectivity index (χ0) is 21.1. The van der Waals surface area contributed by atoms with Gasteiger partial charge in [0.2, 0.25) is 17.4 Å². The third-order valence-electron chi connectivity index (χ3n) is 4.49. The Hall–Kier alpha value is -3.68. The van der Waals surface area contributed by atoms with E-state index in [0.717, 1.165) is 0 Å². The van der Waals surface area contributed by atoms with Gasteiger partial charge in [-0.25, -0.2) is 4.79 Å². The smallest absolute Gasteiger partial charge is 0.347 e. The molecule has 0 amide bonds. The van der Waals surface area contributed by atoms with Crippen LogP contribution in [0.5, 0.6) is 0 Å². The van der Waals surface area contributed by atoms with Crippen molar-refractivity contribution in [3.8, 4) is 0 Å². The van der Waals surface area contributed by atoms with Gasteiger partial charge in [-0.05, 0) is 38.5 Å². The summed E-state index contributed by atoms with van der Waals surface area (Å²) in [5.41, 5.74) is 2.07. The first-order valence-electron chi connectivity index (χ1n) is 8.92. The molecular weight excluding hydrogens is 376 g/mol. The fraction of sp³-hybridized carbons (Fsp3) is 0.238. The number of carbonyl (C=O) groups excluding carboxylic acids is 4. The standard InChI is InChI=1S/C21H20N2O6/c1-11-17(13(3)24)12(2)22-19(11)16(26)10-29-21(27)18-15(25)9-28-20(18)23-14-7-5-4-6-8-14/h4-8,22-23H,9-10H2,1-3H3. The van der Waals surface area contributed by atoms with Crippen LogP contribution in [0.15, 0.2) is 41.8 Å². The Bertz CT molecular complexity index is 1030. The number of esters is 1. The number of nitrogens with one attached hydrogen (secondary N) is 2. The molecule has 150 valence electrons. The van der Waals surface area contributed by atoms with Crippen molar-refractivity contribution in [2.75, 3.05) is 18.5 Å². The Kier molecular flexibility index (Phi) is 5.63. The monoisotopic (exact) mass is 396 g/mol. The fourth-order valence-electron chi connectivity index (χ4n) is 3.20. The highest BCUT2D eigenvalue weighted by Crippen LogP contribution is 2.22. The Morgan fingerprint density at radius 1 is 1.17 bits per heavy atom. The molecule has 0 radical (unpaired) electrons. The number of para-hydroxylation sites is 1. The van der Waals surface area contributed by atoms with Crippen molar-refractivity contribution in [2.24, 2.45) is 0 Å². The van der Waals surface area contributed by atoms with Crippen LogP contribution in [0.4, 0.5) is 5.69 Å². The number of rotatable bonds is 7. The molecule has 8 heteroatoms. The van der Waals surface area contributed by atoms with E-state index in [2.05, 4.69) is 10.3 Å². The first kappa shape index (κ1) is 20.1. The van der Waals surface area contributed by atoms with Gasteiger partial charge in [0, 0.05) is 16.9 Å². The first-order chi connectivity index (χ1) is 13.8. The maximum atomic E-state index is 12.5. The molecule has 0 saturated heterocycles. The number of hydrogen-bond donors (Lipinski definition) is 2. The molecule has 1 aromatic heterocycles. The predicted octanol–water partition coefficient (Wildman–Crippen LogP) is 2.48. The SMILES string of the molecule is CC(=O)c1c(C)[nH]c(C(=O)COC(=O)C2=C(Nc3ccccc3)OCC2=O)c1C. The van der Waals surface area contributed by atoms with Crippen LogP contribution in [-0.2, 0) is 19.1 Å². The Labute approximate surface area is 166 Å². The van der Waals surface area contributed by atoms with Gasteiger partial charge < -0.3 is 19.8 Å². The number of hydrogen-bond acceptors (Lipinski definition) is 7. The Morgan fingerprint density at radius 2 is 1.86 bits per heavy atom. The van der Waals surface area contributed by atoms with E-state index in [4.69, 9.17) is 9.47 Å². The lowest BCUT2D eigenvalue weighted by molar-refractivity contribution is -0.139. The van der Waals surface area contributed by atoms with E-state index in [9.17, 15) is 19.2 Å². The van der Waals surface area contributed by atoms with Crippen molar-refractivity contribution in [2.45, 2.75) is 20.8 Å². The number of ether oxygens (including phenoxy) is 2. The van der Waals surface area contributed by atoms with Crippen molar-refractivity contribution < 1.29 is 28.7 Å². The summed E-state index contributed by atoms with van der Waals surface area (Å²) < 4.78 is 10.3. The largest absolute Gasteiger partial charge is 0.470 e. The number of aryl methyl sites for hydroxylation is 1. The van der Waals surface area contributed by atoms with Crippen LogP contribution in [0, 0.1) is 13.8 Å². The van der Waals surface area contributed by atoms with E-state index in [1.54, 1.807) is 38.1 Å². The number of aromatic amines is 1. The molecule has 1 aliphatic heterocycles. The van der Waals surface area contributed by atoms with Gasteiger partial charge in [0.25, 0.3) is 0 Å². The molecule has 8 nitrogen and oxygen atoms in total. The summed E-state index contributed by atoms with van der Waals surface area (Å²) >= 11 is 0. The third kappa shape index (κ3) is 4.11. The molecule has 0 aliphatic carbocycles. The number of ketones is 3. The molecule has 0 fully saturated rings. The molecule has 0 spiro atoms. The van der Waals surface area contributed by atoms with Crippen LogP contribution in [0.1, 0.15) is 39.0 Å². The van der Waals surface area contributed by atoms with Gasteiger partial charge in [-0.15, -0.1) is 0 Å². The fourth-order valence-corrected chi connectivity index (χ4v) is 3.20. The second-order valence-electron chi connectivity index (χ2n) is 6.59. The van der Waals surface area contributed by atoms with Crippen LogP contribution in [0.2, 0.25) is 0 Å². The van der Waals surface area contributed by atoms with Crippen molar-refractivity contribution in [3.63, 3.8) is 0 Å². The third-order valence-corrected chi connectivity index (χ3v) is 4.49. The number of benzene rings is 1. The van der Waals surface area contributed by atoms with E-state index in [0.29, 0.717) is 22.5 Å². The van der Waals surface area contributed by atoms with Gasteiger partial charge in [0.05, 0.1) is 5.69 Å². The Morgan fingerprint density at radius 3 is 2.48 bits per heavy atom. The number of H-pyrrole nitrogens is 1. The molecule has 1 aromatic carbocycles. The molecule has 2 N–H and O–H groups in total. The maximum Gasteiger partial charge on any atom is 0.347 e. The van der Waals surface area contributed by atoms with Crippen molar-refractivity contribution >= 4 is 29.0 Å². The number of aromatic nitrogens is 1. The van der Waals surface area contributed by atoms with Crippen LogP contribution in [0.3, 0.4) is 0 Å². The van der Waals surface area contributed by atoms with Crippen molar-refractivity contribution in [1.82, 2.24) is 4.98 Å². The van der Waals surface area contributed by atoms with Gasteiger partial charge in [-0.1, -0.05) is 18.2 Å². The summed E-state index contributed by atoms with van der Waals surface area (Å²) in [6.45, 7) is 3.88. The van der Waals surface area contributed by atoms with E-state index in [1.807, 2.05) is 6.07 Å². The second-order valence-corrected chi connectivity index (χ2v) is 6.59. The molecule has 2 heterocycles. The zero-order valence-corrected chi connectivity index (χ0v) is 16.3.